The van der Waals surface area contributed by atoms with Crippen LogP contribution < -0.4 is 5.32 Å². The summed E-state index contributed by atoms with van der Waals surface area (Å²) >= 11 is 0. The summed E-state index contributed by atoms with van der Waals surface area (Å²) in [7, 11) is 0. The molecule has 3 aromatic heterocycles. The highest BCUT2D eigenvalue weighted by Crippen LogP contribution is 2.12. The predicted octanol–water partition coefficient (Wildman–Crippen LogP) is 0.263. The number of aliphatic carboxylic acids is 1. The van der Waals surface area contributed by atoms with Crippen LogP contribution in [0.4, 0.5) is 5.69 Å². The van der Waals surface area contributed by atoms with Crippen molar-refractivity contribution in [3.8, 4) is 0 Å². The third-order valence-electron chi connectivity index (χ3n) is 2.76. The van der Waals surface area contributed by atoms with E-state index >= 15 is 0 Å². The number of carboxylic acids is 1. The second-order valence-electron chi connectivity index (χ2n) is 4.24. The van der Waals surface area contributed by atoms with E-state index < -0.39 is 5.97 Å². The Hall–Kier alpha value is -3.23. The van der Waals surface area contributed by atoms with E-state index in [2.05, 4.69) is 20.5 Å². The molecule has 0 unspecified atom stereocenters. The second kappa shape index (κ2) is 5.04. The molecule has 0 aliphatic heterocycles. The SMILES string of the molecule is O=C(O)Cn1cc(NC(=O)c2cnn3ccncc23)cn1. The molecule has 0 aliphatic carbocycles. The molecule has 106 valence electrons. The van der Waals surface area contributed by atoms with Crippen LogP contribution in [0.3, 0.4) is 0 Å². The van der Waals surface area contributed by atoms with E-state index in [9.17, 15) is 9.59 Å². The van der Waals surface area contributed by atoms with Gasteiger partial charge in [-0.3, -0.25) is 19.3 Å². The van der Waals surface area contributed by atoms with Gasteiger partial charge >= 0.3 is 5.97 Å². The van der Waals surface area contributed by atoms with Crippen molar-refractivity contribution >= 4 is 23.1 Å². The maximum atomic E-state index is 12.2. The zero-order valence-electron chi connectivity index (χ0n) is 10.7. The number of rotatable bonds is 4. The molecule has 9 nitrogen and oxygen atoms in total. The first-order valence-corrected chi connectivity index (χ1v) is 5.96. The normalized spacial score (nSPS) is 10.7. The minimum atomic E-state index is -1.01. The summed E-state index contributed by atoms with van der Waals surface area (Å²) in [5.41, 5.74) is 1.35. The third kappa shape index (κ3) is 2.56. The van der Waals surface area contributed by atoms with Crippen molar-refractivity contribution in [1.82, 2.24) is 24.4 Å². The number of carbonyl (C=O) groups is 2. The first kappa shape index (κ1) is 12.8. The number of hydrogen-bond donors (Lipinski definition) is 2. The number of aromatic nitrogens is 5. The summed E-state index contributed by atoms with van der Waals surface area (Å²) in [5.74, 6) is -1.38. The monoisotopic (exact) mass is 286 g/mol. The van der Waals surface area contributed by atoms with Crippen molar-refractivity contribution in [1.29, 1.82) is 0 Å². The number of carbonyl (C=O) groups excluding carboxylic acids is 1. The van der Waals surface area contributed by atoms with Crippen LogP contribution in [0.1, 0.15) is 10.4 Å². The first-order chi connectivity index (χ1) is 10.1. The molecule has 0 spiro atoms. The van der Waals surface area contributed by atoms with Gasteiger partial charge in [0.15, 0.2) is 0 Å². The van der Waals surface area contributed by atoms with E-state index in [4.69, 9.17) is 5.11 Å². The van der Waals surface area contributed by atoms with Crippen LogP contribution in [-0.2, 0) is 11.3 Å². The average Bonchev–Trinajstić information content (AvgIpc) is 3.04. The summed E-state index contributed by atoms with van der Waals surface area (Å²) in [5, 5.41) is 19.2. The fourth-order valence-corrected chi connectivity index (χ4v) is 1.86. The van der Waals surface area contributed by atoms with Crippen LogP contribution in [-0.4, -0.2) is 41.4 Å². The lowest BCUT2D eigenvalue weighted by Gasteiger charge is -2.00. The lowest BCUT2D eigenvalue weighted by atomic mass is 10.3. The number of anilines is 1. The highest BCUT2D eigenvalue weighted by molar-refractivity contribution is 6.08. The standard InChI is InChI=1S/C12H10N6O3/c19-11(20)7-17-6-8(3-14-17)16-12(21)9-4-15-18-2-1-13-5-10(9)18/h1-6H,7H2,(H,16,21)(H,19,20). The van der Waals surface area contributed by atoms with Crippen LogP contribution in [0.15, 0.2) is 37.2 Å². The van der Waals surface area contributed by atoms with Gasteiger partial charge in [-0.05, 0) is 0 Å². The molecule has 3 heterocycles. The lowest BCUT2D eigenvalue weighted by molar-refractivity contribution is -0.137. The van der Waals surface area contributed by atoms with E-state index in [0.29, 0.717) is 16.8 Å². The largest absolute Gasteiger partial charge is 0.480 e. The van der Waals surface area contributed by atoms with Crippen molar-refractivity contribution in [3.05, 3.63) is 42.7 Å². The van der Waals surface area contributed by atoms with E-state index in [1.165, 1.54) is 34.0 Å². The van der Waals surface area contributed by atoms with Gasteiger partial charge in [0.1, 0.15) is 6.54 Å². The molecule has 21 heavy (non-hydrogen) atoms. The molecule has 0 fully saturated rings. The number of nitrogens with zero attached hydrogens (tertiary/aromatic N) is 5. The Morgan fingerprint density at radius 1 is 1.24 bits per heavy atom. The maximum Gasteiger partial charge on any atom is 0.325 e. The Labute approximate surface area is 117 Å². The van der Waals surface area contributed by atoms with Gasteiger partial charge in [-0.2, -0.15) is 10.2 Å². The molecule has 2 N–H and O–H groups in total. The van der Waals surface area contributed by atoms with Gasteiger partial charge in [0.2, 0.25) is 0 Å². The Kier molecular flexibility index (Phi) is 3.07. The number of fused-ring (bicyclic) bond motifs is 1. The van der Waals surface area contributed by atoms with Gasteiger partial charge in [-0.25, -0.2) is 4.52 Å². The molecule has 3 aromatic rings. The van der Waals surface area contributed by atoms with E-state index in [0.717, 1.165) is 0 Å². The number of amides is 1. The highest BCUT2D eigenvalue weighted by atomic mass is 16.4. The lowest BCUT2D eigenvalue weighted by Crippen LogP contribution is -2.11. The third-order valence-corrected chi connectivity index (χ3v) is 2.76. The molecular weight excluding hydrogens is 276 g/mol. The van der Waals surface area contributed by atoms with Gasteiger partial charge in [0.25, 0.3) is 5.91 Å². The smallest absolute Gasteiger partial charge is 0.325 e. The van der Waals surface area contributed by atoms with Gasteiger partial charge in [0, 0.05) is 18.6 Å². The molecule has 9 heteroatoms. The molecule has 0 aliphatic rings. The molecule has 0 bridgehead atoms. The first-order valence-electron chi connectivity index (χ1n) is 5.96. The summed E-state index contributed by atoms with van der Waals surface area (Å²) in [6, 6.07) is 0. The summed E-state index contributed by atoms with van der Waals surface area (Å²) < 4.78 is 2.76. The van der Waals surface area contributed by atoms with Crippen molar-refractivity contribution < 1.29 is 14.7 Å². The Morgan fingerprint density at radius 2 is 2.10 bits per heavy atom. The summed E-state index contributed by atoms with van der Waals surface area (Å²) in [6.45, 7) is -0.267. The van der Waals surface area contributed by atoms with Gasteiger partial charge in [0.05, 0.1) is 35.4 Å². The number of hydrogen-bond acceptors (Lipinski definition) is 5. The minimum Gasteiger partial charge on any atom is -0.480 e. The molecule has 0 aromatic carbocycles. The average molecular weight is 286 g/mol. The molecular formula is C12H10N6O3. The molecule has 0 saturated heterocycles. The van der Waals surface area contributed by atoms with Crippen molar-refractivity contribution in [2.75, 3.05) is 5.32 Å². The fourth-order valence-electron chi connectivity index (χ4n) is 1.86. The topological polar surface area (TPSA) is 114 Å². The van der Waals surface area contributed by atoms with Crippen LogP contribution >= 0.6 is 0 Å². The van der Waals surface area contributed by atoms with Gasteiger partial charge in [-0.15, -0.1) is 0 Å². The molecule has 0 radical (unpaired) electrons. The minimum absolute atomic E-state index is 0.267. The maximum absolute atomic E-state index is 12.2. The Bertz CT molecular complexity index is 821. The number of carboxylic acid groups (broad SMARTS) is 1. The van der Waals surface area contributed by atoms with Crippen LogP contribution in [0.5, 0.6) is 0 Å². The Morgan fingerprint density at radius 3 is 2.90 bits per heavy atom. The molecule has 0 atom stereocenters. The quantitative estimate of drug-likeness (QED) is 0.711. The molecule has 3 rings (SSSR count). The molecule has 0 saturated carbocycles. The van der Waals surface area contributed by atoms with Crippen molar-refractivity contribution in [3.63, 3.8) is 0 Å². The van der Waals surface area contributed by atoms with Crippen molar-refractivity contribution in [2.45, 2.75) is 6.54 Å². The number of nitrogens with one attached hydrogen (secondary N) is 1. The van der Waals surface area contributed by atoms with E-state index in [1.807, 2.05) is 0 Å². The fraction of sp³-hybridized carbons (Fsp3) is 0.0833. The highest BCUT2D eigenvalue weighted by Gasteiger charge is 2.13. The second-order valence-corrected chi connectivity index (χ2v) is 4.24. The van der Waals surface area contributed by atoms with E-state index in [-0.39, 0.29) is 12.5 Å². The van der Waals surface area contributed by atoms with Crippen LogP contribution in [0.2, 0.25) is 0 Å². The van der Waals surface area contributed by atoms with Gasteiger partial charge in [-0.1, -0.05) is 0 Å². The zero-order chi connectivity index (χ0) is 14.8. The predicted molar refractivity (Wildman–Crippen MR) is 70.8 cm³/mol. The molecule has 1 amide bonds. The Balaban J connectivity index is 1.80. The van der Waals surface area contributed by atoms with Crippen LogP contribution in [0, 0.1) is 0 Å². The van der Waals surface area contributed by atoms with Crippen molar-refractivity contribution in [2.24, 2.45) is 0 Å². The van der Waals surface area contributed by atoms with Gasteiger partial charge < -0.3 is 10.4 Å². The summed E-state index contributed by atoms with van der Waals surface area (Å²) in [6.07, 6.45) is 9.00. The van der Waals surface area contributed by atoms with E-state index in [1.54, 1.807) is 12.4 Å². The zero-order valence-corrected chi connectivity index (χ0v) is 10.7. The summed E-state index contributed by atoms with van der Waals surface area (Å²) in [4.78, 5) is 26.7. The van der Waals surface area contributed by atoms with Crippen LogP contribution in [0.25, 0.3) is 5.52 Å².